The summed E-state index contributed by atoms with van der Waals surface area (Å²) in [7, 11) is 0. The molecule has 0 saturated heterocycles. The summed E-state index contributed by atoms with van der Waals surface area (Å²) in [4.78, 5) is 4.48. The van der Waals surface area contributed by atoms with Gasteiger partial charge in [-0.1, -0.05) is 20.4 Å². The number of hydrogen-bond donors (Lipinski definition) is 1. The fourth-order valence-electron chi connectivity index (χ4n) is 1.83. The first kappa shape index (κ1) is 10.7. The van der Waals surface area contributed by atoms with Gasteiger partial charge in [-0.15, -0.1) is 0 Å². The molecule has 1 aliphatic heterocycles. The molecule has 2 nitrogen and oxygen atoms in total. The van der Waals surface area contributed by atoms with Crippen molar-refractivity contribution in [3.8, 4) is 0 Å². The summed E-state index contributed by atoms with van der Waals surface area (Å²) in [6.45, 7) is 9.48. The predicted octanol–water partition coefficient (Wildman–Crippen LogP) is 2.99. The molecule has 0 aliphatic carbocycles. The molecule has 1 N–H and O–H groups in total. The molecule has 0 saturated carbocycles. The lowest BCUT2D eigenvalue weighted by Gasteiger charge is -2.21. The van der Waals surface area contributed by atoms with Gasteiger partial charge >= 0.3 is 0 Å². The lowest BCUT2D eigenvalue weighted by atomic mass is 9.88. The summed E-state index contributed by atoms with van der Waals surface area (Å²) in [6.07, 6.45) is 2.84. The van der Waals surface area contributed by atoms with Crippen molar-refractivity contribution in [2.45, 2.75) is 20.3 Å². The lowest BCUT2D eigenvalue weighted by Crippen LogP contribution is -2.27. The standard InChI is InChI=1S/C12H15BrN2/c1-8-10-4-9(13)6-14-11(10)5-12(2,3)7-15-8/h4,6,15H,1,5,7H2,2-3H3. The Morgan fingerprint density at radius 2 is 2.27 bits per heavy atom. The van der Waals surface area contributed by atoms with Crippen LogP contribution in [0.25, 0.3) is 5.70 Å². The Morgan fingerprint density at radius 1 is 1.53 bits per heavy atom. The molecular formula is C12H15BrN2. The third-order valence-corrected chi connectivity index (χ3v) is 3.12. The molecule has 0 fully saturated rings. The van der Waals surface area contributed by atoms with Gasteiger partial charge in [0.25, 0.3) is 0 Å². The Labute approximate surface area is 98.9 Å². The number of aromatic nitrogens is 1. The van der Waals surface area contributed by atoms with Crippen LogP contribution in [0.4, 0.5) is 0 Å². The molecule has 0 radical (unpaired) electrons. The largest absolute Gasteiger partial charge is 0.384 e. The first-order valence-corrected chi connectivity index (χ1v) is 5.85. The van der Waals surface area contributed by atoms with E-state index in [1.807, 2.05) is 6.20 Å². The molecule has 0 amide bonds. The SMILES string of the molecule is C=C1NCC(C)(C)Cc2ncc(Br)cc21. The molecule has 15 heavy (non-hydrogen) atoms. The topological polar surface area (TPSA) is 24.9 Å². The highest BCUT2D eigenvalue weighted by molar-refractivity contribution is 9.10. The minimum atomic E-state index is 0.231. The van der Waals surface area contributed by atoms with Gasteiger partial charge in [0, 0.05) is 28.5 Å². The maximum atomic E-state index is 4.48. The Kier molecular flexibility index (Phi) is 2.59. The van der Waals surface area contributed by atoms with E-state index in [2.05, 4.69) is 52.7 Å². The van der Waals surface area contributed by atoms with Crippen LogP contribution >= 0.6 is 15.9 Å². The smallest absolute Gasteiger partial charge is 0.0503 e. The highest BCUT2D eigenvalue weighted by Crippen LogP contribution is 2.29. The van der Waals surface area contributed by atoms with E-state index < -0.39 is 0 Å². The molecule has 80 valence electrons. The van der Waals surface area contributed by atoms with Crippen molar-refractivity contribution in [3.63, 3.8) is 0 Å². The van der Waals surface area contributed by atoms with Crippen LogP contribution in [-0.2, 0) is 6.42 Å². The fraction of sp³-hybridized carbons (Fsp3) is 0.417. The Hall–Kier alpha value is -0.830. The van der Waals surface area contributed by atoms with E-state index in [-0.39, 0.29) is 5.41 Å². The molecule has 0 atom stereocenters. The van der Waals surface area contributed by atoms with E-state index in [0.717, 1.165) is 34.4 Å². The summed E-state index contributed by atoms with van der Waals surface area (Å²) in [6, 6.07) is 2.08. The van der Waals surface area contributed by atoms with Crippen molar-refractivity contribution < 1.29 is 0 Å². The van der Waals surface area contributed by atoms with Gasteiger partial charge < -0.3 is 5.32 Å². The number of hydrogen-bond acceptors (Lipinski definition) is 2. The molecule has 0 unspecified atom stereocenters. The molecule has 2 heterocycles. The van der Waals surface area contributed by atoms with Gasteiger partial charge in [0.2, 0.25) is 0 Å². The number of nitrogens with one attached hydrogen (secondary N) is 1. The third-order valence-electron chi connectivity index (χ3n) is 2.69. The number of rotatable bonds is 0. The molecule has 0 spiro atoms. The van der Waals surface area contributed by atoms with E-state index in [4.69, 9.17) is 0 Å². The van der Waals surface area contributed by atoms with Crippen LogP contribution in [0.1, 0.15) is 25.1 Å². The summed E-state index contributed by atoms with van der Waals surface area (Å²) >= 11 is 3.44. The molecular weight excluding hydrogens is 252 g/mol. The average Bonchev–Trinajstić information content (AvgIpc) is 2.26. The van der Waals surface area contributed by atoms with E-state index in [1.165, 1.54) is 0 Å². The van der Waals surface area contributed by atoms with Crippen molar-refractivity contribution in [2.75, 3.05) is 6.54 Å². The lowest BCUT2D eigenvalue weighted by molar-refractivity contribution is 0.360. The summed E-state index contributed by atoms with van der Waals surface area (Å²) in [5.74, 6) is 0. The normalized spacial score (nSPS) is 19.0. The second-order valence-corrected chi connectivity index (χ2v) is 5.74. The van der Waals surface area contributed by atoms with Gasteiger partial charge in [-0.3, -0.25) is 4.98 Å². The maximum absolute atomic E-state index is 4.48. The molecule has 3 heteroatoms. The van der Waals surface area contributed by atoms with Crippen LogP contribution in [0, 0.1) is 5.41 Å². The van der Waals surface area contributed by atoms with Crippen LogP contribution in [-0.4, -0.2) is 11.5 Å². The summed E-state index contributed by atoms with van der Waals surface area (Å²) < 4.78 is 1.00. The Balaban J connectivity index is 2.49. The number of halogens is 1. The molecule has 1 aromatic rings. The van der Waals surface area contributed by atoms with Crippen molar-refractivity contribution in [1.82, 2.24) is 10.3 Å². The van der Waals surface area contributed by atoms with Crippen molar-refractivity contribution in [2.24, 2.45) is 5.41 Å². The van der Waals surface area contributed by atoms with E-state index in [0.29, 0.717) is 0 Å². The predicted molar refractivity (Wildman–Crippen MR) is 66.5 cm³/mol. The average molecular weight is 267 g/mol. The number of nitrogens with zero attached hydrogens (tertiary/aromatic N) is 1. The molecule has 1 aromatic heterocycles. The quantitative estimate of drug-likeness (QED) is 0.781. The second kappa shape index (κ2) is 3.63. The first-order chi connectivity index (χ1) is 6.98. The van der Waals surface area contributed by atoms with Crippen molar-refractivity contribution >= 4 is 21.6 Å². The minimum Gasteiger partial charge on any atom is -0.384 e. The minimum absolute atomic E-state index is 0.231. The highest BCUT2D eigenvalue weighted by Gasteiger charge is 2.25. The zero-order chi connectivity index (χ0) is 11.1. The Morgan fingerprint density at radius 3 is 3.00 bits per heavy atom. The molecule has 1 aliphatic rings. The summed E-state index contributed by atoms with van der Waals surface area (Å²) in [5, 5.41) is 3.36. The number of pyridine rings is 1. The van der Waals surface area contributed by atoms with Crippen LogP contribution in [0.3, 0.4) is 0 Å². The molecule has 0 bridgehead atoms. The monoisotopic (exact) mass is 266 g/mol. The van der Waals surface area contributed by atoms with Crippen molar-refractivity contribution in [1.29, 1.82) is 0 Å². The Bertz CT molecular complexity index is 410. The van der Waals surface area contributed by atoms with Crippen LogP contribution in [0.5, 0.6) is 0 Å². The van der Waals surface area contributed by atoms with Gasteiger partial charge in [-0.2, -0.15) is 0 Å². The maximum Gasteiger partial charge on any atom is 0.0503 e. The zero-order valence-corrected chi connectivity index (χ0v) is 10.7. The highest BCUT2D eigenvalue weighted by atomic mass is 79.9. The van der Waals surface area contributed by atoms with Crippen LogP contribution < -0.4 is 5.32 Å². The van der Waals surface area contributed by atoms with E-state index in [9.17, 15) is 0 Å². The van der Waals surface area contributed by atoms with Gasteiger partial charge in [-0.05, 0) is 33.8 Å². The second-order valence-electron chi connectivity index (χ2n) is 4.82. The van der Waals surface area contributed by atoms with Gasteiger partial charge in [0.15, 0.2) is 0 Å². The van der Waals surface area contributed by atoms with Gasteiger partial charge in [0.1, 0.15) is 0 Å². The molecule has 2 rings (SSSR count). The van der Waals surface area contributed by atoms with Crippen LogP contribution in [0.2, 0.25) is 0 Å². The number of fused-ring (bicyclic) bond motifs is 1. The fourth-order valence-corrected chi connectivity index (χ4v) is 2.16. The van der Waals surface area contributed by atoms with Crippen LogP contribution in [0.15, 0.2) is 23.3 Å². The molecule has 0 aromatic carbocycles. The van der Waals surface area contributed by atoms with Crippen molar-refractivity contribution in [3.05, 3.63) is 34.6 Å². The van der Waals surface area contributed by atoms with Gasteiger partial charge in [-0.25, -0.2) is 0 Å². The van der Waals surface area contributed by atoms with E-state index in [1.54, 1.807) is 0 Å². The zero-order valence-electron chi connectivity index (χ0n) is 9.10. The summed E-state index contributed by atoms with van der Waals surface area (Å²) in [5.41, 5.74) is 3.48. The first-order valence-electron chi connectivity index (χ1n) is 5.05. The van der Waals surface area contributed by atoms with Gasteiger partial charge in [0.05, 0.1) is 5.69 Å². The third kappa shape index (κ3) is 2.23. The van der Waals surface area contributed by atoms with E-state index >= 15 is 0 Å².